The van der Waals surface area contributed by atoms with E-state index in [9.17, 15) is 4.39 Å². The number of methoxy groups -OCH3 is 2. The molecule has 0 aliphatic rings. The van der Waals surface area contributed by atoms with Gasteiger partial charge in [0.1, 0.15) is 5.82 Å². The molecule has 1 aromatic carbocycles. The number of ether oxygens (including phenoxy) is 2. The summed E-state index contributed by atoms with van der Waals surface area (Å²) >= 11 is 3.25. The summed E-state index contributed by atoms with van der Waals surface area (Å²) in [4.78, 5) is 0. The molecular weight excluding hydrogens is 289 g/mol. The molecule has 0 radical (unpaired) electrons. The van der Waals surface area contributed by atoms with Crippen LogP contribution in [0.15, 0.2) is 10.5 Å². The average Bonchev–Trinajstić information content (AvgIpc) is 2.34. The lowest BCUT2D eigenvalue weighted by Crippen LogP contribution is -2.02. The minimum Gasteiger partial charge on any atom is -0.493 e. The summed E-state index contributed by atoms with van der Waals surface area (Å²) in [7, 11) is 3.05. The average molecular weight is 306 g/mol. The molecule has 3 nitrogen and oxygen atoms in total. The van der Waals surface area contributed by atoms with E-state index in [1.165, 1.54) is 13.2 Å². The third-order valence-corrected chi connectivity index (χ3v) is 3.39. The maximum absolute atomic E-state index is 13.6. The molecule has 0 aliphatic carbocycles. The normalized spacial score (nSPS) is 10.4. The van der Waals surface area contributed by atoms with Gasteiger partial charge in [-0.2, -0.15) is 0 Å². The van der Waals surface area contributed by atoms with Gasteiger partial charge in [0.2, 0.25) is 0 Å². The Hall–Kier alpha value is -0.810. The predicted molar refractivity (Wildman–Crippen MR) is 69.2 cm³/mol. The Labute approximate surface area is 109 Å². The van der Waals surface area contributed by atoms with Crippen molar-refractivity contribution in [3.05, 3.63) is 21.9 Å². The fraction of sp³-hybridized carbons (Fsp3) is 0.500. The summed E-state index contributed by atoms with van der Waals surface area (Å²) in [5.74, 6) is 0.652. The van der Waals surface area contributed by atoms with E-state index >= 15 is 0 Å². The molecule has 0 heterocycles. The van der Waals surface area contributed by atoms with E-state index in [0.29, 0.717) is 28.9 Å². The summed E-state index contributed by atoms with van der Waals surface area (Å²) < 4.78 is 24.5. The van der Waals surface area contributed by atoms with Gasteiger partial charge in [0, 0.05) is 11.6 Å². The minimum atomic E-state index is -0.342. The second-order valence-electron chi connectivity index (χ2n) is 3.63. The van der Waals surface area contributed by atoms with E-state index in [1.807, 2.05) is 0 Å². The van der Waals surface area contributed by atoms with Crippen molar-refractivity contribution in [3.8, 4) is 11.5 Å². The molecule has 0 unspecified atom stereocenters. The van der Waals surface area contributed by atoms with Gasteiger partial charge in [0.05, 0.1) is 18.7 Å². The lowest BCUT2D eigenvalue weighted by molar-refractivity contribution is 0.348. The molecule has 0 aromatic heterocycles. The van der Waals surface area contributed by atoms with Crippen LogP contribution >= 0.6 is 15.9 Å². The Morgan fingerprint density at radius 1 is 1.29 bits per heavy atom. The van der Waals surface area contributed by atoms with Gasteiger partial charge >= 0.3 is 0 Å². The van der Waals surface area contributed by atoms with Crippen LogP contribution in [0.1, 0.15) is 18.4 Å². The molecule has 0 spiro atoms. The molecule has 1 aromatic rings. The number of benzene rings is 1. The molecule has 17 heavy (non-hydrogen) atoms. The van der Waals surface area contributed by atoms with Crippen LogP contribution in [0.5, 0.6) is 11.5 Å². The Kier molecular flexibility index (Phi) is 5.71. The van der Waals surface area contributed by atoms with Gasteiger partial charge in [-0.3, -0.25) is 0 Å². The lowest BCUT2D eigenvalue weighted by Gasteiger charge is -2.15. The van der Waals surface area contributed by atoms with Crippen molar-refractivity contribution in [2.75, 3.05) is 20.8 Å². The van der Waals surface area contributed by atoms with Crippen molar-refractivity contribution in [3.63, 3.8) is 0 Å². The van der Waals surface area contributed by atoms with Crippen molar-refractivity contribution in [1.82, 2.24) is 0 Å². The van der Waals surface area contributed by atoms with Gasteiger partial charge in [-0.25, -0.2) is 4.39 Å². The van der Waals surface area contributed by atoms with Crippen LogP contribution in [0, 0.1) is 5.82 Å². The SMILES string of the molecule is COc1cc(F)c(Br)c(CCCCN)c1OC. The van der Waals surface area contributed by atoms with Gasteiger partial charge in [-0.15, -0.1) is 0 Å². The van der Waals surface area contributed by atoms with Crippen LogP contribution in [0.2, 0.25) is 0 Å². The molecule has 0 atom stereocenters. The molecule has 1 rings (SSSR count). The highest BCUT2D eigenvalue weighted by Gasteiger charge is 2.17. The van der Waals surface area contributed by atoms with E-state index in [0.717, 1.165) is 18.4 Å². The number of nitrogens with two attached hydrogens (primary N) is 1. The molecule has 0 saturated heterocycles. The summed E-state index contributed by atoms with van der Waals surface area (Å²) in [6.45, 7) is 0.631. The molecule has 0 aliphatic heterocycles. The molecule has 0 fully saturated rings. The largest absolute Gasteiger partial charge is 0.493 e. The zero-order valence-electron chi connectivity index (χ0n) is 10.1. The first-order valence-corrected chi connectivity index (χ1v) is 6.23. The van der Waals surface area contributed by atoms with Gasteiger partial charge < -0.3 is 15.2 Å². The topological polar surface area (TPSA) is 44.5 Å². The Bertz CT molecular complexity index is 385. The Balaban J connectivity index is 3.09. The molecular formula is C12H17BrFNO2. The number of halogens is 2. The molecule has 96 valence electrons. The molecule has 5 heteroatoms. The fourth-order valence-corrected chi connectivity index (χ4v) is 2.17. The second-order valence-corrected chi connectivity index (χ2v) is 4.43. The number of unbranched alkanes of at least 4 members (excludes halogenated alkanes) is 1. The summed E-state index contributed by atoms with van der Waals surface area (Å²) in [5.41, 5.74) is 6.24. The highest BCUT2D eigenvalue weighted by atomic mass is 79.9. The smallest absolute Gasteiger partial charge is 0.165 e. The highest BCUT2D eigenvalue weighted by Crippen LogP contribution is 2.38. The van der Waals surface area contributed by atoms with Gasteiger partial charge in [-0.1, -0.05) is 0 Å². The summed E-state index contributed by atoms with van der Waals surface area (Å²) in [5, 5.41) is 0. The first kappa shape index (κ1) is 14.3. The van der Waals surface area contributed by atoms with Crippen LogP contribution in [-0.4, -0.2) is 20.8 Å². The molecule has 2 N–H and O–H groups in total. The Morgan fingerprint density at radius 2 is 2.00 bits per heavy atom. The molecule has 0 bridgehead atoms. The standard InChI is InChI=1S/C12H17BrFNO2/c1-16-10-7-9(14)11(13)8(12(10)17-2)5-3-4-6-15/h7H,3-6,15H2,1-2H3. The first-order valence-electron chi connectivity index (χ1n) is 5.44. The lowest BCUT2D eigenvalue weighted by atomic mass is 10.1. The quantitative estimate of drug-likeness (QED) is 0.822. The van der Waals surface area contributed by atoms with Gasteiger partial charge in [0.15, 0.2) is 11.5 Å². The number of rotatable bonds is 6. The zero-order chi connectivity index (χ0) is 12.8. The number of hydrogen-bond acceptors (Lipinski definition) is 3. The van der Waals surface area contributed by atoms with Crippen LogP contribution in [0.25, 0.3) is 0 Å². The molecule has 0 amide bonds. The maximum Gasteiger partial charge on any atom is 0.165 e. The van der Waals surface area contributed by atoms with Crippen LogP contribution in [-0.2, 0) is 6.42 Å². The van der Waals surface area contributed by atoms with E-state index in [-0.39, 0.29) is 5.82 Å². The van der Waals surface area contributed by atoms with Gasteiger partial charge in [-0.05, 0) is 41.7 Å². The van der Waals surface area contributed by atoms with Crippen molar-refractivity contribution in [2.45, 2.75) is 19.3 Å². The minimum absolute atomic E-state index is 0.342. The van der Waals surface area contributed by atoms with Crippen LogP contribution in [0.4, 0.5) is 4.39 Å². The van der Waals surface area contributed by atoms with E-state index in [4.69, 9.17) is 15.2 Å². The van der Waals surface area contributed by atoms with Crippen molar-refractivity contribution >= 4 is 15.9 Å². The van der Waals surface area contributed by atoms with Gasteiger partial charge in [0.25, 0.3) is 0 Å². The van der Waals surface area contributed by atoms with Crippen LogP contribution < -0.4 is 15.2 Å². The van der Waals surface area contributed by atoms with E-state index in [2.05, 4.69) is 15.9 Å². The first-order chi connectivity index (χ1) is 8.15. The predicted octanol–water partition coefficient (Wildman–Crippen LogP) is 2.89. The Morgan fingerprint density at radius 3 is 2.53 bits per heavy atom. The summed E-state index contributed by atoms with van der Waals surface area (Å²) in [6, 6.07) is 1.31. The fourth-order valence-electron chi connectivity index (χ4n) is 1.68. The second kappa shape index (κ2) is 6.81. The van der Waals surface area contributed by atoms with Crippen molar-refractivity contribution < 1.29 is 13.9 Å². The van der Waals surface area contributed by atoms with E-state index in [1.54, 1.807) is 7.11 Å². The molecule has 0 saturated carbocycles. The van der Waals surface area contributed by atoms with Crippen molar-refractivity contribution in [2.24, 2.45) is 5.73 Å². The highest BCUT2D eigenvalue weighted by molar-refractivity contribution is 9.10. The van der Waals surface area contributed by atoms with E-state index < -0.39 is 0 Å². The third-order valence-electron chi connectivity index (χ3n) is 2.54. The monoisotopic (exact) mass is 305 g/mol. The summed E-state index contributed by atoms with van der Waals surface area (Å²) in [6.07, 6.45) is 2.49. The maximum atomic E-state index is 13.6. The zero-order valence-corrected chi connectivity index (χ0v) is 11.6. The number of hydrogen-bond donors (Lipinski definition) is 1. The van der Waals surface area contributed by atoms with Crippen molar-refractivity contribution in [1.29, 1.82) is 0 Å². The third kappa shape index (κ3) is 3.33. The van der Waals surface area contributed by atoms with Crippen LogP contribution in [0.3, 0.4) is 0 Å².